The van der Waals surface area contributed by atoms with Crippen LogP contribution in [0.25, 0.3) is 0 Å². The molecule has 1 heterocycles. The molecule has 6 heteroatoms. The van der Waals surface area contributed by atoms with Crippen LogP contribution < -0.4 is 0 Å². The fourth-order valence-corrected chi connectivity index (χ4v) is 2.71. The van der Waals surface area contributed by atoms with Gasteiger partial charge in [-0.15, -0.1) is 0 Å². The smallest absolute Gasteiger partial charge is 0.325 e. The Balaban J connectivity index is 2.19. The van der Waals surface area contributed by atoms with Crippen molar-refractivity contribution in [2.24, 2.45) is 0 Å². The van der Waals surface area contributed by atoms with Crippen LogP contribution in [0.4, 0.5) is 0 Å². The predicted octanol–water partition coefficient (Wildman–Crippen LogP) is 1.07. The lowest BCUT2D eigenvalue weighted by Crippen LogP contribution is -2.38. The van der Waals surface area contributed by atoms with Gasteiger partial charge in [-0.1, -0.05) is 12.1 Å². The molecule has 0 unspecified atom stereocenters. The van der Waals surface area contributed by atoms with Gasteiger partial charge in [0, 0.05) is 33.1 Å². The van der Waals surface area contributed by atoms with E-state index in [4.69, 9.17) is 0 Å². The van der Waals surface area contributed by atoms with Crippen LogP contribution >= 0.6 is 0 Å². The first-order chi connectivity index (χ1) is 9.99. The molecule has 1 fully saturated rings. The summed E-state index contributed by atoms with van der Waals surface area (Å²) in [6.45, 7) is 3.82. The van der Waals surface area contributed by atoms with Gasteiger partial charge >= 0.3 is 5.97 Å². The van der Waals surface area contributed by atoms with Gasteiger partial charge in [0.05, 0.1) is 0 Å². The van der Waals surface area contributed by atoms with Gasteiger partial charge in [-0.3, -0.25) is 14.5 Å². The van der Waals surface area contributed by atoms with Crippen molar-refractivity contribution in [1.82, 2.24) is 9.80 Å². The Hall–Kier alpha value is -2.08. The van der Waals surface area contributed by atoms with Crippen molar-refractivity contribution >= 4 is 11.9 Å². The highest BCUT2D eigenvalue weighted by atomic mass is 16.4. The van der Waals surface area contributed by atoms with Crippen molar-refractivity contribution in [1.29, 1.82) is 0 Å². The second kappa shape index (κ2) is 6.58. The molecule has 0 saturated carbocycles. The number of carboxylic acid groups (broad SMARTS) is 1. The molecule has 114 valence electrons. The molecule has 0 aromatic heterocycles. The zero-order valence-corrected chi connectivity index (χ0v) is 12.0. The van der Waals surface area contributed by atoms with E-state index in [2.05, 4.69) is 0 Å². The standard InChI is InChI=1S/C15H20N2O4/c1-11(18)16-6-3-7-17(9-8-16)14(15(20)21)12-4-2-5-13(19)10-12/h2,4-5,10,14,19H,3,6-9H2,1H3,(H,20,21)/t14-/m1/s1. The normalized spacial score (nSPS) is 18.0. The molecular weight excluding hydrogens is 272 g/mol. The summed E-state index contributed by atoms with van der Waals surface area (Å²) >= 11 is 0. The number of carbonyl (C=O) groups is 2. The molecule has 1 atom stereocenters. The van der Waals surface area contributed by atoms with Crippen LogP contribution in [-0.4, -0.2) is 58.1 Å². The molecule has 1 aliphatic rings. The van der Waals surface area contributed by atoms with Gasteiger partial charge < -0.3 is 15.1 Å². The lowest BCUT2D eigenvalue weighted by Gasteiger charge is -2.27. The molecule has 6 nitrogen and oxygen atoms in total. The summed E-state index contributed by atoms with van der Waals surface area (Å²) in [4.78, 5) is 26.7. The molecule has 21 heavy (non-hydrogen) atoms. The number of aromatic hydroxyl groups is 1. The van der Waals surface area contributed by atoms with Gasteiger partial charge in [-0.2, -0.15) is 0 Å². The van der Waals surface area contributed by atoms with E-state index in [-0.39, 0.29) is 11.7 Å². The average molecular weight is 292 g/mol. The monoisotopic (exact) mass is 292 g/mol. The van der Waals surface area contributed by atoms with E-state index >= 15 is 0 Å². The summed E-state index contributed by atoms with van der Waals surface area (Å²) < 4.78 is 0. The van der Waals surface area contributed by atoms with Crippen molar-refractivity contribution in [3.8, 4) is 5.75 Å². The zero-order valence-electron chi connectivity index (χ0n) is 12.0. The van der Waals surface area contributed by atoms with Crippen LogP contribution in [-0.2, 0) is 9.59 Å². The fourth-order valence-electron chi connectivity index (χ4n) is 2.71. The molecule has 1 aromatic carbocycles. The topological polar surface area (TPSA) is 81.1 Å². The molecule has 0 spiro atoms. The summed E-state index contributed by atoms with van der Waals surface area (Å²) in [7, 11) is 0. The molecule has 1 amide bonds. The highest BCUT2D eigenvalue weighted by molar-refractivity contribution is 5.76. The Morgan fingerprint density at radius 1 is 1.19 bits per heavy atom. The van der Waals surface area contributed by atoms with Crippen LogP contribution in [0.1, 0.15) is 24.9 Å². The first kappa shape index (κ1) is 15.3. The quantitative estimate of drug-likeness (QED) is 0.871. The maximum Gasteiger partial charge on any atom is 0.325 e. The van der Waals surface area contributed by atoms with Gasteiger partial charge in [0.2, 0.25) is 5.91 Å². The number of amides is 1. The van der Waals surface area contributed by atoms with Crippen molar-refractivity contribution in [2.45, 2.75) is 19.4 Å². The highest BCUT2D eigenvalue weighted by Crippen LogP contribution is 2.25. The number of hydrogen-bond acceptors (Lipinski definition) is 4. The minimum atomic E-state index is -0.947. The zero-order chi connectivity index (χ0) is 15.4. The molecule has 1 aliphatic heterocycles. The van der Waals surface area contributed by atoms with Crippen LogP contribution in [0, 0.1) is 0 Å². The third kappa shape index (κ3) is 3.72. The van der Waals surface area contributed by atoms with Crippen LogP contribution in [0.2, 0.25) is 0 Å². The molecule has 0 radical (unpaired) electrons. The summed E-state index contributed by atoms with van der Waals surface area (Å²) in [5.41, 5.74) is 0.554. The highest BCUT2D eigenvalue weighted by Gasteiger charge is 2.29. The van der Waals surface area contributed by atoms with E-state index in [0.29, 0.717) is 31.7 Å². The number of rotatable bonds is 3. The lowest BCUT2D eigenvalue weighted by atomic mass is 10.0. The molecule has 2 rings (SSSR count). The fraction of sp³-hybridized carbons (Fsp3) is 0.467. The van der Waals surface area contributed by atoms with E-state index in [1.165, 1.54) is 19.1 Å². The van der Waals surface area contributed by atoms with E-state index < -0.39 is 12.0 Å². The molecule has 0 aliphatic carbocycles. The number of aliphatic carboxylic acids is 1. The maximum absolute atomic E-state index is 11.6. The Kier molecular flexibility index (Phi) is 4.80. The largest absolute Gasteiger partial charge is 0.508 e. The van der Waals surface area contributed by atoms with Gasteiger partial charge in [0.15, 0.2) is 0 Å². The first-order valence-electron chi connectivity index (χ1n) is 7.00. The Bertz CT molecular complexity index is 532. The number of carboxylic acids is 1. The van der Waals surface area contributed by atoms with E-state index in [0.717, 1.165) is 6.42 Å². The first-order valence-corrected chi connectivity index (χ1v) is 7.00. The summed E-state index contributed by atoms with van der Waals surface area (Å²) in [5, 5.41) is 19.1. The van der Waals surface area contributed by atoms with Crippen molar-refractivity contribution < 1.29 is 19.8 Å². The second-order valence-corrected chi connectivity index (χ2v) is 5.23. The number of benzene rings is 1. The summed E-state index contributed by atoms with van der Waals surface area (Å²) in [6, 6.07) is 5.53. The third-order valence-corrected chi connectivity index (χ3v) is 3.76. The van der Waals surface area contributed by atoms with Crippen molar-refractivity contribution in [2.75, 3.05) is 26.2 Å². The number of phenols is 1. The van der Waals surface area contributed by atoms with Crippen molar-refractivity contribution in [3.63, 3.8) is 0 Å². The average Bonchev–Trinajstić information content (AvgIpc) is 2.64. The third-order valence-electron chi connectivity index (χ3n) is 3.76. The SMILES string of the molecule is CC(=O)N1CCCN([C@@H](C(=O)O)c2cccc(O)c2)CC1. The van der Waals surface area contributed by atoms with Crippen LogP contribution in [0.15, 0.2) is 24.3 Å². The molecular formula is C15H20N2O4. The Labute approximate surface area is 123 Å². The lowest BCUT2D eigenvalue weighted by molar-refractivity contribution is -0.143. The number of hydrogen-bond donors (Lipinski definition) is 2. The molecule has 2 N–H and O–H groups in total. The molecule has 1 saturated heterocycles. The number of phenolic OH excluding ortho intramolecular Hbond substituents is 1. The maximum atomic E-state index is 11.6. The van der Waals surface area contributed by atoms with Gasteiger partial charge in [0.25, 0.3) is 0 Å². The molecule has 0 bridgehead atoms. The summed E-state index contributed by atoms with van der Waals surface area (Å²) in [6.07, 6.45) is 0.738. The van der Waals surface area contributed by atoms with Crippen molar-refractivity contribution in [3.05, 3.63) is 29.8 Å². The second-order valence-electron chi connectivity index (χ2n) is 5.23. The Morgan fingerprint density at radius 3 is 2.57 bits per heavy atom. The van der Waals surface area contributed by atoms with Gasteiger partial charge in [-0.25, -0.2) is 0 Å². The van der Waals surface area contributed by atoms with Gasteiger partial charge in [0.1, 0.15) is 11.8 Å². The summed E-state index contributed by atoms with van der Waals surface area (Å²) in [5.74, 6) is -0.878. The van der Waals surface area contributed by atoms with Crippen LogP contribution in [0.3, 0.4) is 0 Å². The van der Waals surface area contributed by atoms with Crippen LogP contribution in [0.5, 0.6) is 5.75 Å². The molecule has 1 aromatic rings. The minimum Gasteiger partial charge on any atom is -0.508 e. The van der Waals surface area contributed by atoms with E-state index in [1.807, 2.05) is 4.90 Å². The number of nitrogens with zero attached hydrogens (tertiary/aromatic N) is 2. The minimum absolute atomic E-state index is 0.0149. The Morgan fingerprint density at radius 2 is 1.95 bits per heavy atom. The van der Waals surface area contributed by atoms with E-state index in [9.17, 15) is 19.8 Å². The van der Waals surface area contributed by atoms with E-state index in [1.54, 1.807) is 17.0 Å². The van der Waals surface area contributed by atoms with Gasteiger partial charge in [-0.05, 0) is 24.1 Å². The predicted molar refractivity (Wildman–Crippen MR) is 76.9 cm³/mol. The number of carbonyl (C=O) groups excluding carboxylic acids is 1.